The molecule has 0 aliphatic carbocycles. The average molecular weight is 401 g/mol. The number of nitrogens with one attached hydrogen (secondary N) is 2. The first-order valence-corrected chi connectivity index (χ1v) is 10.1. The third-order valence-electron chi connectivity index (χ3n) is 3.72. The summed E-state index contributed by atoms with van der Waals surface area (Å²) >= 11 is 0. The summed E-state index contributed by atoms with van der Waals surface area (Å²) in [6.45, 7) is -0.323. The highest BCUT2D eigenvalue weighted by molar-refractivity contribution is 7.90. The highest BCUT2D eigenvalue weighted by Gasteiger charge is 2.27. The van der Waals surface area contributed by atoms with Crippen LogP contribution in [0.5, 0.6) is 5.75 Å². The van der Waals surface area contributed by atoms with Crippen LogP contribution in [-0.2, 0) is 20.4 Å². The molecule has 0 aliphatic heterocycles. The standard InChI is InChI=1S/C19H19N3O5S/c20-9-10-21-19(25)17(22-18(24)15-7-4-8-16(23)11-15)13-28(26,27)12-14-5-2-1-3-6-14/h1-8,11,17,23H,10,12-13H2,(H,21,25)(H,22,24). The van der Waals surface area contributed by atoms with Crippen molar-refractivity contribution in [1.29, 1.82) is 5.26 Å². The van der Waals surface area contributed by atoms with Crippen LogP contribution < -0.4 is 10.6 Å². The number of carbonyl (C=O) groups is 2. The Morgan fingerprint density at radius 3 is 2.46 bits per heavy atom. The van der Waals surface area contributed by atoms with E-state index in [1.54, 1.807) is 36.4 Å². The summed E-state index contributed by atoms with van der Waals surface area (Å²) in [4.78, 5) is 24.6. The largest absolute Gasteiger partial charge is 0.508 e. The topological polar surface area (TPSA) is 136 Å². The molecule has 0 radical (unpaired) electrons. The van der Waals surface area contributed by atoms with E-state index in [1.807, 2.05) is 0 Å². The molecule has 28 heavy (non-hydrogen) atoms. The molecule has 2 rings (SSSR count). The number of amides is 2. The summed E-state index contributed by atoms with van der Waals surface area (Å²) in [6.07, 6.45) is 0. The predicted molar refractivity (Wildman–Crippen MR) is 102 cm³/mol. The number of nitrogens with zero attached hydrogens (tertiary/aromatic N) is 1. The van der Waals surface area contributed by atoms with Gasteiger partial charge in [0.15, 0.2) is 9.84 Å². The molecule has 2 aromatic rings. The lowest BCUT2D eigenvalue weighted by molar-refractivity contribution is -0.122. The Balaban J connectivity index is 2.18. The molecule has 0 saturated carbocycles. The number of benzene rings is 2. The average Bonchev–Trinajstić information content (AvgIpc) is 2.65. The van der Waals surface area contributed by atoms with Gasteiger partial charge in [-0.1, -0.05) is 36.4 Å². The maximum atomic E-state index is 12.5. The monoisotopic (exact) mass is 401 g/mol. The van der Waals surface area contributed by atoms with Crippen molar-refractivity contribution >= 4 is 21.7 Å². The Kier molecular flexibility index (Phi) is 7.12. The Morgan fingerprint density at radius 2 is 1.82 bits per heavy atom. The molecular formula is C19H19N3O5S. The van der Waals surface area contributed by atoms with Gasteiger partial charge in [0, 0.05) is 5.56 Å². The molecule has 0 aliphatic rings. The second-order valence-corrected chi connectivity index (χ2v) is 8.10. The SMILES string of the molecule is N#CCNC(=O)C(CS(=O)(=O)Cc1ccccc1)NC(=O)c1cccc(O)c1. The number of phenolic OH excluding ortho intramolecular Hbond substituents is 1. The first-order chi connectivity index (χ1) is 13.3. The number of phenols is 1. The highest BCUT2D eigenvalue weighted by Crippen LogP contribution is 2.12. The van der Waals surface area contributed by atoms with Crippen LogP contribution in [0.25, 0.3) is 0 Å². The lowest BCUT2D eigenvalue weighted by atomic mass is 10.2. The second-order valence-electron chi connectivity index (χ2n) is 5.99. The van der Waals surface area contributed by atoms with Crippen LogP contribution in [0.15, 0.2) is 54.6 Å². The van der Waals surface area contributed by atoms with Crippen molar-refractivity contribution in [3.05, 3.63) is 65.7 Å². The van der Waals surface area contributed by atoms with E-state index in [0.717, 1.165) is 0 Å². The van der Waals surface area contributed by atoms with Crippen LogP contribution >= 0.6 is 0 Å². The van der Waals surface area contributed by atoms with Gasteiger partial charge in [0.1, 0.15) is 18.3 Å². The third-order valence-corrected chi connectivity index (χ3v) is 5.34. The number of aromatic hydroxyl groups is 1. The van der Waals surface area contributed by atoms with Crippen molar-refractivity contribution in [3.8, 4) is 11.8 Å². The van der Waals surface area contributed by atoms with Crippen LogP contribution in [0.1, 0.15) is 15.9 Å². The quantitative estimate of drug-likeness (QED) is 0.558. The van der Waals surface area contributed by atoms with E-state index in [4.69, 9.17) is 5.26 Å². The molecule has 0 heterocycles. The van der Waals surface area contributed by atoms with Crippen molar-refractivity contribution in [2.24, 2.45) is 0 Å². The Hall–Kier alpha value is -3.38. The van der Waals surface area contributed by atoms with Crippen molar-refractivity contribution in [2.45, 2.75) is 11.8 Å². The number of rotatable bonds is 8. The summed E-state index contributed by atoms with van der Waals surface area (Å²) in [5.74, 6) is -2.58. The van der Waals surface area contributed by atoms with Gasteiger partial charge in [0.2, 0.25) is 5.91 Å². The molecule has 0 aromatic heterocycles. The molecule has 1 atom stereocenters. The summed E-state index contributed by atoms with van der Waals surface area (Å²) in [7, 11) is -3.75. The van der Waals surface area contributed by atoms with Gasteiger partial charge in [-0.25, -0.2) is 8.42 Å². The van der Waals surface area contributed by atoms with E-state index in [2.05, 4.69) is 10.6 Å². The molecule has 0 bridgehead atoms. The van der Waals surface area contributed by atoms with Crippen molar-refractivity contribution < 1.29 is 23.1 Å². The fourth-order valence-corrected chi connectivity index (χ4v) is 4.02. The van der Waals surface area contributed by atoms with Gasteiger partial charge in [-0.3, -0.25) is 9.59 Å². The number of sulfone groups is 1. The molecular weight excluding hydrogens is 382 g/mol. The minimum atomic E-state index is -3.75. The van der Waals surface area contributed by atoms with Crippen molar-refractivity contribution in [3.63, 3.8) is 0 Å². The van der Waals surface area contributed by atoms with Crippen molar-refractivity contribution in [1.82, 2.24) is 10.6 Å². The predicted octanol–water partition coefficient (Wildman–Crippen LogP) is 0.745. The third kappa shape index (κ3) is 6.41. The smallest absolute Gasteiger partial charge is 0.252 e. The van der Waals surface area contributed by atoms with E-state index >= 15 is 0 Å². The first kappa shape index (κ1) is 20.9. The van der Waals surface area contributed by atoms with Crippen LogP contribution in [0.2, 0.25) is 0 Å². The molecule has 1 unspecified atom stereocenters. The molecule has 0 fully saturated rings. The normalized spacial score (nSPS) is 11.8. The number of carbonyl (C=O) groups excluding carboxylic acids is 2. The first-order valence-electron chi connectivity index (χ1n) is 8.29. The van der Waals surface area contributed by atoms with E-state index in [0.29, 0.717) is 5.56 Å². The van der Waals surface area contributed by atoms with Gasteiger partial charge >= 0.3 is 0 Å². The zero-order valence-electron chi connectivity index (χ0n) is 14.8. The Labute approximate surface area is 162 Å². The van der Waals surface area contributed by atoms with Gasteiger partial charge in [-0.15, -0.1) is 0 Å². The number of hydrogen-bond acceptors (Lipinski definition) is 6. The fourth-order valence-electron chi connectivity index (χ4n) is 2.46. The fraction of sp³-hybridized carbons (Fsp3) is 0.211. The molecule has 2 aromatic carbocycles. The maximum absolute atomic E-state index is 12.5. The van der Waals surface area contributed by atoms with Crippen molar-refractivity contribution in [2.75, 3.05) is 12.3 Å². The molecule has 2 amide bonds. The number of nitriles is 1. The van der Waals surface area contributed by atoms with E-state index in [9.17, 15) is 23.1 Å². The lowest BCUT2D eigenvalue weighted by Gasteiger charge is -2.18. The molecule has 9 heteroatoms. The molecule has 3 N–H and O–H groups in total. The van der Waals surface area contributed by atoms with Gasteiger partial charge in [0.05, 0.1) is 17.6 Å². The Morgan fingerprint density at radius 1 is 1.11 bits per heavy atom. The zero-order valence-corrected chi connectivity index (χ0v) is 15.6. The van der Waals surface area contributed by atoms with Gasteiger partial charge in [-0.05, 0) is 23.8 Å². The molecule has 8 nitrogen and oxygen atoms in total. The minimum Gasteiger partial charge on any atom is -0.508 e. The van der Waals surface area contributed by atoms with E-state index in [1.165, 1.54) is 24.3 Å². The summed E-state index contributed by atoms with van der Waals surface area (Å²) in [5, 5.41) is 22.7. The molecule has 0 spiro atoms. The summed E-state index contributed by atoms with van der Waals surface area (Å²) in [5.41, 5.74) is 0.622. The summed E-state index contributed by atoms with van der Waals surface area (Å²) < 4.78 is 25.0. The van der Waals surface area contributed by atoms with Crippen LogP contribution in [0.4, 0.5) is 0 Å². The second kappa shape index (κ2) is 9.53. The Bertz CT molecular complexity index is 984. The lowest BCUT2D eigenvalue weighted by Crippen LogP contribution is -2.50. The van der Waals surface area contributed by atoms with E-state index in [-0.39, 0.29) is 23.6 Å². The van der Waals surface area contributed by atoms with Gasteiger partial charge in [-0.2, -0.15) is 5.26 Å². The molecule has 0 saturated heterocycles. The van der Waals surface area contributed by atoms with E-state index < -0.39 is 33.4 Å². The highest BCUT2D eigenvalue weighted by atomic mass is 32.2. The summed E-state index contributed by atoms with van der Waals surface area (Å²) in [6, 6.07) is 14.2. The maximum Gasteiger partial charge on any atom is 0.252 e. The van der Waals surface area contributed by atoms with Crippen LogP contribution in [-0.4, -0.2) is 43.7 Å². The molecule has 146 valence electrons. The van der Waals surface area contributed by atoms with Gasteiger partial charge in [0.25, 0.3) is 5.91 Å². The van der Waals surface area contributed by atoms with Crippen LogP contribution in [0.3, 0.4) is 0 Å². The van der Waals surface area contributed by atoms with Gasteiger partial charge < -0.3 is 15.7 Å². The zero-order chi connectivity index (χ0) is 20.6. The van der Waals surface area contributed by atoms with Crippen LogP contribution in [0, 0.1) is 11.3 Å². The number of hydrogen-bond donors (Lipinski definition) is 3. The minimum absolute atomic E-state index is 0.0681.